The van der Waals surface area contributed by atoms with Crippen molar-refractivity contribution in [2.75, 3.05) is 21.3 Å². The zero-order valence-electron chi connectivity index (χ0n) is 12.1. The van der Waals surface area contributed by atoms with E-state index in [4.69, 9.17) is 9.47 Å². The Balaban J connectivity index is 2.49. The largest absolute Gasteiger partial charge is 0.493 e. The second-order valence-corrected chi connectivity index (χ2v) is 6.60. The van der Waals surface area contributed by atoms with E-state index in [9.17, 15) is 0 Å². The number of methoxy groups -OCH3 is 2. The summed E-state index contributed by atoms with van der Waals surface area (Å²) in [7, 11) is 5.24. The summed E-state index contributed by atoms with van der Waals surface area (Å²) in [5.74, 6) is 1.44. The van der Waals surface area contributed by atoms with Crippen LogP contribution < -0.4 is 14.8 Å². The van der Waals surface area contributed by atoms with Gasteiger partial charge in [0.1, 0.15) is 0 Å². The van der Waals surface area contributed by atoms with Crippen molar-refractivity contribution in [3.63, 3.8) is 0 Å². The molecule has 1 unspecified atom stereocenters. The Kier molecular flexibility index (Phi) is 5.89. The predicted octanol–water partition coefficient (Wildman–Crippen LogP) is 4.38. The third-order valence-electron chi connectivity index (χ3n) is 3.31. The molecule has 0 aliphatic rings. The molecule has 0 saturated carbocycles. The van der Waals surface area contributed by atoms with Gasteiger partial charge < -0.3 is 14.8 Å². The lowest BCUT2D eigenvalue weighted by Crippen LogP contribution is -2.18. The van der Waals surface area contributed by atoms with E-state index in [1.54, 1.807) is 14.2 Å². The summed E-state index contributed by atoms with van der Waals surface area (Å²) in [4.78, 5) is 0. The molecule has 3 nitrogen and oxygen atoms in total. The Bertz CT molecular complexity index is 616. The Hall–Kier alpha value is -0.790. The molecule has 2 aromatic carbocycles. The number of rotatable bonds is 5. The normalized spacial score (nSPS) is 12.0. The SMILES string of the molecule is CNC(c1ccc(I)cc1)c1cc(OC)c(OC)cc1Br. The molecule has 0 radical (unpaired) electrons. The molecule has 2 rings (SSSR count). The maximum Gasteiger partial charge on any atom is 0.161 e. The zero-order chi connectivity index (χ0) is 15.4. The van der Waals surface area contributed by atoms with Crippen LogP contribution in [0.5, 0.6) is 11.5 Å². The summed E-state index contributed by atoms with van der Waals surface area (Å²) < 4.78 is 12.9. The third-order valence-corrected chi connectivity index (χ3v) is 4.71. The molecular formula is C16H17BrINO2. The standard InChI is InChI=1S/C16H17BrINO2/c1-19-16(10-4-6-11(18)7-5-10)12-8-14(20-2)15(21-3)9-13(12)17/h4-9,16,19H,1-3H3. The first-order chi connectivity index (χ1) is 10.1. The molecule has 0 aliphatic heterocycles. The van der Waals surface area contributed by atoms with Crippen molar-refractivity contribution in [2.24, 2.45) is 0 Å². The monoisotopic (exact) mass is 461 g/mol. The van der Waals surface area contributed by atoms with Gasteiger partial charge in [-0.1, -0.05) is 28.1 Å². The van der Waals surface area contributed by atoms with Crippen LogP contribution in [0, 0.1) is 3.57 Å². The molecule has 112 valence electrons. The van der Waals surface area contributed by atoms with Gasteiger partial charge in [-0.25, -0.2) is 0 Å². The minimum Gasteiger partial charge on any atom is -0.493 e. The highest BCUT2D eigenvalue weighted by Gasteiger charge is 2.18. The van der Waals surface area contributed by atoms with Crippen LogP contribution >= 0.6 is 38.5 Å². The summed E-state index contributed by atoms with van der Waals surface area (Å²) >= 11 is 5.94. The van der Waals surface area contributed by atoms with Crippen LogP contribution in [-0.2, 0) is 0 Å². The number of benzene rings is 2. The van der Waals surface area contributed by atoms with E-state index in [1.807, 2.05) is 19.2 Å². The van der Waals surface area contributed by atoms with Gasteiger partial charge in [-0.15, -0.1) is 0 Å². The minimum absolute atomic E-state index is 0.0798. The molecule has 0 aliphatic carbocycles. The van der Waals surface area contributed by atoms with Crippen LogP contribution in [0.15, 0.2) is 40.9 Å². The molecule has 21 heavy (non-hydrogen) atoms. The van der Waals surface area contributed by atoms with E-state index in [0.717, 1.165) is 15.8 Å². The van der Waals surface area contributed by atoms with Crippen LogP contribution in [0.25, 0.3) is 0 Å². The second kappa shape index (κ2) is 7.47. The zero-order valence-corrected chi connectivity index (χ0v) is 15.9. The van der Waals surface area contributed by atoms with Crippen LogP contribution in [0.3, 0.4) is 0 Å². The first-order valence-electron chi connectivity index (χ1n) is 6.44. The van der Waals surface area contributed by atoms with Crippen LogP contribution in [-0.4, -0.2) is 21.3 Å². The van der Waals surface area contributed by atoms with Crippen LogP contribution in [0.4, 0.5) is 0 Å². The van der Waals surface area contributed by atoms with Crippen molar-refractivity contribution in [3.8, 4) is 11.5 Å². The number of hydrogen-bond acceptors (Lipinski definition) is 3. The molecule has 0 spiro atoms. The van der Waals surface area contributed by atoms with Crippen molar-refractivity contribution in [2.45, 2.75) is 6.04 Å². The van der Waals surface area contributed by atoms with E-state index < -0.39 is 0 Å². The van der Waals surface area contributed by atoms with Crippen molar-refractivity contribution in [3.05, 3.63) is 55.6 Å². The first-order valence-corrected chi connectivity index (χ1v) is 8.32. The van der Waals surface area contributed by atoms with Gasteiger partial charge in [0.25, 0.3) is 0 Å². The van der Waals surface area contributed by atoms with Crippen molar-refractivity contribution < 1.29 is 9.47 Å². The average Bonchev–Trinajstić information content (AvgIpc) is 2.50. The molecule has 0 bridgehead atoms. The van der Waals surface area contributed by atoms with Crippen molar-refractivity contribution in [1.82, 2.24) is 5.32 Å². The Morgan fingerprint density at radius 2 is 1.62 bits per heavy atom. The smallest absolute Gasteiger partial charge is 0.161 e. The van der Waals surface area contributed by atoms with E-state index in [0.29, 0.717) is 5.75 Å². The summed E-state index contributed by atoms with van der Waals surface area (Å²) in [6.07, 6.45) is 0. The minimum atomic E-state index is 0.0798. The van der Waals surface area contributed by atoms with Crippen LogP contribution in [0.1, 0.15) is 17.2 Å². The third kappa shape index (κ3) is 3.70. The van der Waals surface area contributed by atoms with E-state index >= 15 is 0 Å². The van der Waals surface area contributed by atoms with Gasteiger partial charge in [-0.3, -0.25) is 0 Å². The first kappa shape index (κ1) is 16.6. The molecule has 0 aromatic heterocycles. The van der Waals surface area contributed by atoms with Gasteiger partial charge in [0.15, 0.2) is 11.5 Å². The molecule has 0 fully saturated rings. The number of nitrogens with one attached hydrogen (secondary N) is 1. The Morgan fingerprint density at radius 3 is 2.14 bits per heavy atom. The molecule has 2 aromatic rings. The fraction of sp³-hybridized carbons (Fsp3) is 0.250. The van der Waals surface area contributed by atoms with Gasteiger partial charge >= 0.3 is 0 Å². The molecular weight excluding hydrogens is 445 g/mol. The Labute approximate surface area is 147 Å². The molecule has 1 atom stereocenters. The van der Waals surface area contributed by atoms with Gasteiger partial charge in [-0.2, -0.15) is 0 Å². The Morgan fingerprint density at radius 1 is 1.05 bits per heavy atom. The molecule has 1 N–H and O–H groups in total. The number of halogens is 2. The summed E-state index contributed by atoms with van der Waals surface area (Å²) in [5, 5.41) is 3.35. The maximum absolute atomic E-state index is 5.41. The van der Waals surface area contributed by atoms with E-state index in [1.165, 1.54) is 9.13 Å². The maximum atomic E-state index is 5.41. The topological polar surface area (TPSA) is 30.5 Å². The predicted molar refractivity (Wildman–Crippen MR) is 97.3 cm³/mol. The molecule has 5 heteroatoms. The molecule has 0 heterocycles. The van der Waals surface area contributed by atoms with E-state index in [2.05, 4.69) is 68.1 Å². The van der Waals surface area contributed by atoms with E-state index in [-0.39, 0.29) is 6.04 Å². The molecule has 0 amide bonds. The number of ether oxygens (including phenoxy) is 2. The lowest BCUT2D eigenvalue weighted by atomic mass is 9.98. The van der Waals surface area contributed by atoms with Gasteiger partial charge in [0, 0.05) is 8.04 Å². The lowest BCUT2D eigenvalue weighted by Gasteiger charge is -2.20. The van der Waals surface area contributed by atoms with Crippen LogP contribution in [0.2, 0.25) is 0 Å². The highest BCUT2D eigenvalue weighted by atomic mass is 127. The highest BCUT2D eigenvalue weighted by Crippen LogP contribution is 2.37. The number of hydrogen-bond donors (Lipinski definition) is 1. The lowest BCUT2D eigenvalue weighted by molar-refractivity contribution is 0.354. The molecule has 0 saturated heterocycles. The van der Waals surface area contributed by atoms with Gasteiger partial charge in [-0.05, 0) is 65.0 Å². The summed E-state index contributed by atoms with van der Waals surface area (Å²) in [6.45, 7) is 0. The fourth-order valence-corrected chi connectivity index (χ4v) is 3.16. The summed E-state index contributed by atoms with van der Waals surface area (Å²) in [5.41, 5.74) is 2.31. The second-order valence-electron chi connectivity index (χ2n) is 4.50. The summed E-state index contributed by atoms with van der Waals surface area (Å²) in [6, 6.07) is 12.5. The van der Waals surface area contributed by atoms with Crippen molar-refractivity contribution >= 4 is 38.5 Å². The van der Waals surface area contributed by atoms with Gasteiger partial charge in [0.05, 0.1) is 20.3 Å². The van der Waals surface area contributed by atoms with Crippen molar-refractivity contribution in [1.29, 1.82) is 0 Å². The van der Waals surface area contributed by atoms with Gasteiger partial charge in [0.2, 0.25) is 0 Å². The highest BCUT2D eigenvalue weighted by molar-refractivity contribution is 14.1. The quantitative estimate of drug-likeness (QED) is 0.670. The fourth-order valence-electron chi connectivity index (χ4n) is 2.25. The average molecular weight is 462 g/mol.